The lowest BCUT2D eigenvalue weighted by atomic mass is 10.1. The second kappa shape index (κ2) is 8.82. The molecular formula is C21H18BrCl2N7O. The molecule has 4 aromatic rings. The largest absolute Gasteiger partial charge is 0.321 e. The highest BCUT2D eigenvalue weighted by molar-refractivity contribution is 9.10. The van der Waals surface area contributed by atoms with E-state index in [1.165, 1.54) is 10.8 Å². The zero-order valence-electron chi connectivity index (χ0n) is 16.7. The van der Waals surface area contributed by atoms with Crippen LogP contribution >= 0.6 is 39.1 Å². The molecule has 0 radical (unpaired) electrons. The van der Waals surface area contributed by atoms with Crippen LogP contribution in [0.1, 0.15) is 18.9 Å². The Kier molecular flexibility index (Phi) is 5.90. The monoisotopic (exact) mass is 533 g/mol. The fourth-order valence-electron chi connectivity index (χ4n) is 3.82. The smallest absolute Gasteiger partial charge is 0.266 e. The number of hydrogen-bond acceptors (Lipinski definition) is 6. The Morgan fingerprint density at radius 2 is 2.00 bits per heavy atom. The van der Waals surface area contributed by atoms with Crippen LogP contribution in [-0.2, 0) is 0 Å². The standard InChI is InChI=1S/C21H18BrCl2N7O/c22-15-11-30(19-16(23)4-1-5-17(19)24)20(32)14-9-26-21(29-18(14)15)28-12-7-27-31(10-12)13-3-2-6-25-8-13/h1,4-5,7,9-11,13,25H,2-3,6,8H2,(H,26,28,29). The van der Waals surface area contributed by atoms with Crippen LogP contribution in [0.4, 0.5) is 11.6 Å². The van der Waals surface area contributed by atoms with Gasteiger partial charge in [-0.3, -0.25) is 14.0 Å². The number of halogens is 3. The van der Waals surface area contributed by atoms with Gasteiger partial charge < -0.3 is 10.6 Å². The zero-order chi connectivity index (χ0) is 22.2. The molecule has 8 nitrogen and oxygen atoms in total. The number of benzene rings is 1. The minimum atomic E-state index is -0.317. The third-order valence-electron chi connectivity index (χ3n) is 5.39. The topological polar surface area (TPSA) is 89.7 Å². The molecule has 5 rings (SSSR count). The number of para-hydroxylation sites is 1. The van der Waals surface area contributed by atoms with Crippen LogP contribution in [0.2, 0.25) is 10.0 Å². The minimum absolute atomic E-state index is 0.317. The Morgan fingerprint density at radius 3 is 2.75 bits per heavy atom. The van der Waals surface area contributed by atoms with Gasteiger partial charge in [0.05, 0.1) is 49.0 Å². The maximum absolute atomic E-state index is 13.1. The molecule has 4 heterocycles. The summed E-state index contributed by atoms with van der Waals surface area (Å²) in [7, 11) is 0. The molecule has 1 aromatic carbocycles. The fraction of sp³-hybridized carbons (Fsp3) is 0.238. The number of anilines is 2. The van der Waals surface area contributed by atoms with Crippen molar-refractivity contribution in [1.29, 1.82) is 0 Å². The van der Waals surface area contributed by atoms with E-state index in [4.69, 9.17) is 23.2 Å². The third kappa shape index (κ3) is 4.01. The van der Waals surface area contributed by atoms with Crippen molar-refractivity contribution in [3.8, 4) is 5.69 Å². The molecule has 1 aliphatic heterocycles. The summed E-state index contributed by atoms with van der Waals surface area (Å²) < 4.78 is 3.96. The number of rotatable bonds is 4. The maximum atomic E-state index is 13.1. The van der Waals surface area contributed by atoms with E-state index in [0.717, 1.165) is 31.6 Å². The predicted octanol–water partition coefficient (Wildman–Crippen LogP) is 4.71. The van der Waals surface area contributed by atoms with E-state index in [1.54, 1.807) is 30.6 Å². The second-order valence-electron chi connectivity index (χ2n) is 7.51. The number of hydrogen-bond donors (Lipinski definition) is 2. The van der Waals surface area contributed by atoms with Crippen molar-refractivity contribution in [2.45, 2.75) is 18.9 Å². The number of fused-ring (bicyclic) bond motifs is 1. The molecule has 0 amide bonds. The average Bonchev–Trinajstić information content (AvgIpc) is 3.26. The Hall–Kier alpha value is -2.46. The van der Waals surface area contributed by atoms with E-state index in [2.05, 4.69) is 41.6 Å². The molecule has 1 saturated heterocycles. The van der Waals surface area contributed by atoms with Crippen LogP contribution in [0.5, 0.6) is 0 Å². The van der Waals surface area contributed by atoms with Gasteiger partial charge in [-0.1, -0.05) is 29.3 Å². The summed E-state index contributed by atoms with van der Waals surface area (Å²) in [4.78, 5) is 22.0. The maximum Gasteiger partial charge on any atom is 0.266 e. The SMILES string of the molecule is O=c1c2cnc(Nc3cnn(C4CCCNC4)c3)nc2c(Br)cn1-c1c(Cl)cccc1Cl. The second-order valence-corrected chi connectivity index (χ2v) is 9.18. The summed E-state index contributed by atoms with van der Waals surface area (Å²) in [5.41, 5.74) is 1.36. The van der Waals surface area contributed by atoms with Gasteiger partial charge in [0.1, 0.15) is 0 Å². The highest BCUT2D eigenvalue weighted by Gasteiger charge is 2.17. The molecule has 32 heavy (non-hydrogen) atoms. The molecule has 3 aromatic heterocycles. The van der Waals surface area contributed by atoms with E-state index in [-0.39, 0.29) is 5.56 Å². The molecule has 1 atom stereocenters. The van der Waals surface area contributed by atoms with E-state index < -0.39 is 0 Å². The van der Waals surface area contributed by atoms with Crippen molar-refractivity contribution in [3.63, 3.8) is 0 Å². The molecule has 0 saturated carbocycles. The van der Waals surface area contributed by atoms with E-state index >= 15 is 0 Å². The van der Waals surface area contributed by atoms with Crippen LogP contribution in [-0.4, -0.2) is 37.4 Å². The average molecular weight is 535 g/mol. The van der Waals surface area contributed by atoms with Gasteiger partial charge in [-0.2, -0.15) is 5.10 Å². The molecule has 0 spiro atoms. The first-order valence-electron chi connectivity index (χ1n) is 10.1. The van der Waals surface area contributed by atoms with Gasteiger partial charge >= 0.3 is 0 Å². The van der Waals surface area contributed by atoms with Gasteiger partial charge in [-0.05, 0) is 47.4 Å². The molecule has 1 aliphatic rings. The summed E-state index contributed by atoms with van der Waals surface area (Å²) in [6, 6.07) is 5.42. The zero-order valence-corrected chi connectivity index (χ0v) is 19.8. The molecule has 1 fully saturated rings. The highest BCUT2D eigenvalue weighted by atomic mass is 79.9. The van der Waals surface area contributed by atoms with Gasteiger partial charge in [0.15, 0.2) is 0 Å². The molecular weight excluding hydrogens is 517 g/mol. The first kappa shape index (κ1) is 21.4. The number of aromatic nitrogens is 5. The van der Waals surface area contributed by atoms with E-state index in [0.29, 0.717) is 43.1 Å². The lowest BCUT2D eigenvalue weighted by molar-refractivity contribution is 0.347. The van der Waals surface area contributed by atoms with Gasteiger partial charge in [-0.15, -0.1) is 0 Å². The molecule has 164 valence electrons. The van der Waals surface area contributed by atoms with Crippen LogP contribution in [0.15, 0.2) is 52.3 Å². The van der Waals surface area contributed by atoms with Crippen molar-refractivity contribution < 1.29 is 0 Å². The van der Waals surface area contributed by atoms with Crippen LogP contribution in [0.3, 0.4) is 0 Å². The lowest BCUT2D eigenvalue weighted by Crippen LogP contribution is -2.31. The van der Waals surface area contributed by atoms with Crippen LogP contribution in [0.25, 0.3) is 16.6 Å². The van der Waals surface area contributed by atoms with Gasteiger partial charge in [0.2, 0.25) is 5.95 Å². The van der Waals surface area contributed by atoms with Crippen LogP contribution in [0, 0.1) is 0 Å². The highest BCUT2D eigenvalue weighted by Crippen LogP contribution is 2.30. The van der Waals surface area contributed by atoms with Crippen molar-refractivity contribution in [1.82, 2.24) is 29.6 Å². The number of nitrogens with zero attached hydrogens (tertiary/aromatic N) is 5. The fourth-order valence-corrected chi connectivity index (χ4v) is 4.91. The first-order valence-corrected chi connectivity index (χ1v) is 11.6. The molecule has 1 unspecified atom stereocenters. The predicted molar refractivity (Wildman–Crippen MR) is 130 cm³/mol. The summed E-state index contributed by atoms with van der Waals surface area (Å²) in [6.07, 6.45) is 9.02. The van der Waals surface area contributed by atoms with Crippen molar-refractivity contribution >= 4 is 61.7 Å². The summed E-state index contributed by atoms with van der Waals surface area (Å²) >= 11 is 16.1. The minimum Gasteiger partial charge on any atom is -0.321 e. The first-order chi connectivity index (χ1) is 15.5. The summed E-state index contributed by atoms with van der Waals surface area (Å²) in [5, 5.41) is 12.1. The molecule has 0 aliphatic carbocycles. The summed E-state index contributed by atoms with van der Waals surface area (Å²) in [5.74, 6) is 0.368. The summed E-state index contributed by atoms with van der Waals surface area (Å²) in [6.45, 7) is 1.95. The van der Waals surface area contributed by atoms with Gasteiger partial charge in [0.25, 0.3) is 5.56 Å². The number of pyridine rings is 1. The molecule has 0 bridgehead atoms. The lowest BCUT2D eigenvalue weighted by Gasteiger charge is -2.22. The Bertz CT molecular complexity index is 1340. The molecule has 2 N–H and O–H groups in total. The quantitative estimate of drug-likeness (QED) is 0.394. The third-order valence-corrected chi connectivity index (χ3v) is 6.58. The normalized spacial score (nSPS) is 16.4. The Balaban J connectivity index is 1.48. The van der Waals surface area contributed by atoms with Gasteiger partial charge in [0, 0.05) is 25.1 Å². The Morgan fingerprint density at radius 1 is 1.19 bits per heavy atom. The number of nitrogens with one attached hydrogen (secondary N) is 2. The van der Waals surface area contributed by atoms with Crippen molar-refractivity contribution in [2.75, 3.05) is 18.4 Å². The van der Waals surface area contributed by atoms with Crippen LogP contribution < -0.4 is 16.2 Å². The number of piperidine rings is 1. The van der Waals surface area contributed by atoms with Gasteiger partial charge in [-0.25, -0.2) is 9.97 Å². The van der Waals surface area contributed by atoms with Crippen molar-refractivity contribution in [2.24, 2.45) is 0 Å². The van der Waals surface area contributed by atoms with E-state index in [9.17, 15) is 4.79 Å². The Labute approximate surface area is 201 Å². The van der Waals surface area contributed by atoms with Crippen molar-refractivity contribution in [3.05, 3.63) is 67.9 Å². The molecule has 11 heteroatoms. The van der Waals surface area contributed by atoms with E-state index in [1.807, 2.05) is 10.9 Å².